The van der Waals surface area contributed by atoms with Gasteiger partial charge in [-0.1, -0.05) is 29.6 Å². The number of rotatable bonds is 3. The number of urea groups is 1. The third kappa shape index (κ3) is 2.78. The summed E-state index contributed by atoms with van der Waals surface area (Å²) in [5, 5.41) is 13.0. The molecular weight excluding hydrogens is 355 g/mol. The molecule has 0 unspecified atom stereocenters. The summed E-state index contributed by atoms with van der Waals surface area (Å²) in [6.07, 6.45) is 2.35. The fraction of sp³-hybridized carbons (Fsp3) is 0.500. The smallest absolute Gasteiger partial charge is 0.321 e. The lowest BCUT2D eigenvalue weighted by atomic mass is 9.81. The predicted molar refractivity (Wildman–Crippen MR) is 91.0 cm³/mol. The Labute approximate surface area is 149 Å². The number of ether oxygens (including phenoxy) is 1. The second-order valence-electron chi connectivity index (χ2n) is 6.33. The van der Waals surface area contributed by atoms with Crippen LogP contribution in [0.5, 0.6) is 5.75 Å². The van der Waals surface area contributed by atoms with E-state index in [1.54, 1.807) is 4.90 Å². The van der Waals surface area contributed by atoms with Crippen LogP contribution in [0.4, 0.5) is 10.5 Å². The van der Waals surface area contributed by atoms with Crippen molar-refractivity contribution >= 4 is 40.9 Å². The summed E-state index contributed by atoms with van der Waals surface area (Å²) < 4.78 is 5.21. The van der Waals surface area contributed by atoms with Crippen LogP contribution in [-0.4, -0.2) is 42.2 Å². The molecule has 0 radical (unpaired) electrons. The third-order valence-electron chi connectivity index (χ3n) is 5.07. The van der Waals surface area contributed by atoms with Gasteiger partial charge in [-0.05, 0) is 24.8 Å². The third-order valence-corrected chi connectivity index (χ3v) is 5.79. The molecule has 2 amide bonds. The Morgan fingerprint density at radius 2 is 2.08 bits per heavy atom. The zero-order valence-corrected chi connectivity index (χ0v) is 14.7. The molecule has 8 heteroatoms. The van der Waals surface area contributed by atoms with Crippen LogP contribution in [0.15, 0.2) is 12.1 Å². The van der Waals surface area contributed by atoms with Gasteiger partial charge in [0.1, 0.15) is 5.75 Å². The van der Waals surface area contributed by atoms with E-state index in [4.69, 9.17) is 27.9 Å². The molecule has 1 aromatic carbocycles. The molecule has 1 aliphatic carbocycles. The van der Waals surface area contributed by atoms with E-state index in [1.165, 1.54) is 19.2 Å². The minimum atomic E-state index is -0.813. The van der Waals surface area contributed by atoms with Crippen molar-refractivity contribution in [3.05, 3.63) is 22.2 Å². The van der Waals surface area contributed by atoms with E-state index in [9.17, 15) is 14.7 Å². The van der Waals surface area contributed by atoms with E-state index in [-0.39, 0.29) is 18.5 Å². The SMILES string of the molecule is COc1cc(Cl)c(Cl)cc1NC(=O)N1C[C@@H]2CCC[C@@]2(C(=O)O)C1. The number of carbonyl (C=O) groups excluding carboxylic acids is 1. The molecule has 0 spiro atoms. The van der Waals surface area contributed by atoms with Gasteiger partial charge in [0.05, 0.1) is 28.3 Å². The first kappa shape index (κ1) is 17.2. The van der Waals surface area contributed by atoms with E-state index >= 15 is 0 Å². The number of carboxylic acids is 1. The highest BCUT2D eigenvalue weighted by Gasteiger charge is 2.55. The minimum absolute atomic E-state index is 0.0106. The molecule has 0 aromatic heterocycles. The van der Waals surface area contributed by atoms with Crippen LogP contribution < -0.4 is 10.1 Å². The quantitative estimate of drug-likeness (QED) is 0.847. The number of methoxy groups -OCH3 is 1. The Hall–Kier alpha value is -1.66. The number of amides is 2. The molecule has 6 nitrogen and oxygen atoms in total. The summed E-state index contributed by atoms with van der Waals surface area (Å²) in [6, 6.07) is 2.68. The van der Waals surface area contributed by atoms with Gasteiger partial charge in [-0.15, -0.1) is 0 Å². The molecule has 2 fully saturated rings. The van der Waals surface area contributed by atoms with Crippen molar-refractivity contribution < 1.29 is 19.4 Å². The second-order valence-corrected chi connectivity index (χ2v) is 7.14. The molecule has 2 atom stereocenters. The molecule has 2 N–H and O–H groups in total. The van der Waals surface area contributed by atoms with Gasteiger partial charge in [-0.2, -0.15) is 0 Å². The highest BCUT2D eigenvalue weighted by Crippen LogP contribution is 2.49. The number of nitrogens with one attached hydrogen (secondary N) is 1. The molecular formula is C16H18Cl2N2O4. The largest absolute Gasteiger partial charge is 0.495 e. The lowest BCUT2D eigenvalue weighted by Gasteiger charge is -2.23. The Morgan fingerprint density at radius 1 is 1.38 bits per heavy atom. The van der Waals surface area contributed by atoms with Gasteiger partial charge in [0.2, 0.25) is 0 Å². The maximum Gasteiger partial charge on any atom is 0.321 e. The van der Waals surface area contributed by atoms with Gasteiger partial charge >= 0.3 is 12.0 Å². The van der Waals surface area contributed by atoms with Gasteiger partial charge in [-0.25, -0.2) is 4.79 Å². The number of carboxylic acid groups (broad SMARTS) is 1. The number of halogens is 2. The van der Waals surface area contributed by atoms with E-state index < -0.39 is 11.4 Å². The van der Waals surface area contributed by atoms with Gasteiger partial charge in [0.25, 0.3) is 0 Å². The average molecular weight is 373 g/mol. The minimum Gasteiger partial charge on any atom is -0.495 e. The van der Waals surface area contributed by atoms with E-state index in [2.05, 4.69) is 5.32 Å². The van der Waals surface area contributed by atoms with Gasteiger partial charge < -0.3 is 20.1 Å². The van der Waals surface area contributed by atoms with E-state index in [0.717, 1.165) is 12.8 Å². The Bertz CT molecular complexity index is 697. The molecule has 1 aliphatic heterocycles. The molecule has 3 rings (SSSR count). The number of hydrogen-bond acceptors (Lipinski definition) is 3. The summed E-state index contributed by atoms with van der Waals surface area (Å²) in [4.78, 5) is 25.8. The topological polar surface area (TPSA) is 78.9 Å². The normalized spacial score (nSPS) is 25.5. The number of anilines is 1. The molecule has 1 saturated carbocycles. The molecule has 2 aliphatic rings. The fourth-order valence-corrected chi connectivity index (χ4v) is 4.10. The first-order valence-corrected chi connectivity index (χ1v) is 8.45. The van der Waals surface area contributed by atoms with Crippen molar-refractivity contribution in [1.82, 2.24) is 4.90 Å². The molecule has 24 heavy (non-hydrogen) atoms. The van der Waals surface area contributed by atoms with Gasteiger partial charge in [0.15, 0.2) is 0 Å². The monoisotopic (exact) mass is 372 g/mol. The van der Waals surface area contributed by atoms with Crippen molar-refractivity contribution in [3.8, 4) is 5.75 Å². The van der Waals surface area contributed by atoms with Crippen LogP contribution in [0.25, 0.3) is 0 Å². The van der Waals surface area contributed by atoms with Crippen LogP contribution in [0.1, 0.15) is 19.3 Å². The molecule has 0 bridgehead atoms. The lowest BCUT2D eigenvalue weighted by molar-refractivity contribution is -0.149. The molecule has 1 heterocycles. The zero-order chi connectivity index (χ0) is 17.5. The highest BCUT2D eigenvalue weighted by atomic mass is 35.5. The van der Waals surface area contributed by atoms with E-state index in [0.29, 0.717) is 34.4 Å². The summed E-state index contributed by atoms with van der Waals surface area (Å²) in [7, 11) is 1.47. The van der Waals surface area contributed by atoms with Crippen LogP contribution in [0.3, 0.4) is 0 Å². The number of nitrogens with zero attached hydrogens (tertiary/aromatic N) is 1. The summed E-state index contributed by atoms with van der Waals surface area (Å²) >= 11 is 11.9. The predicted octanol–water partition coefficient (Wildman–Crippen LogP) is 3.72. The summed E-state index contributed by atoms with van der Waals surface area (Å²) in [5.74, 6) is -0.408. The number of aliphatic carboxylic acids is 1. The standard InChI is InChI=1S/C16H18Cl2N2O4/c1-24-13-6-11(18)10(17)5-12(13)19-15(23)20-7-9-3-2-4-16(9,8-20)14(21)22/h5-6,9H,2-4,7-8H2,1H3,(H,19,23)(H,21,22)/t9-,16+/m0/s1. The van der Waals surface area contributed by atoms with Crippen molar-refractivity contribution in [3.63, 3.8) is 0 Å². The van der Waals surface area contributed by atoms with Crippen LogP contribution in [-0.2, 0) is 4.79 Å². The van der Waals surface area contributed by atoms with Crippen molar-refractivity contribution in [2.75, 3.05) is 25.5 Å². The average Bonchev–Trinajstić information content (AvgIpc) is 3.08. The summed E-state index contributed by atoms with van der Waals surface area (Å²) in [5.41, 5.74) is -0.405. The van der Waals surface area contributed by atoms with Gasteiger partial charge in [0, 0.05) is 19.2 Å². The maximum atomic E-state index is 12.6. The van der Waals surface area contributed by atoms with Crippen LogP contribution >= 0.6 is 23.2 Å². The number of carbonyl (C=O) groups is 2. The fourth-order valence-electron chi connectivity index (χ4n) is 3.78. The first-order valence-electron chi connectivity index (χ1n) is 7.70. The number of likely N-dealkylation sites (tertiary alicyclic amines) is 1. The van der Waals surface area contributed by atoms with Crippen molar-refractivity contribution in [1.29, 1.82) is 0 Å². The number of fused-ring (bicyclic) bond motifs is 1. The Morgan fingerprint density at radius 3 is 2.71 bits per heavy atom. The maximum absolute atomic E-state index is 12.6. The van der Waals surface area contributed by atoms with Crippen LogP contribution in [0.2, 0.25) is 10.0 Å². The highest BCUT2D eigenvalue weighted by molar-refractivity contribution is 6.42. The molecule has 1 aromatic rings. The molecule has 1 saturated heterocycles. The van der Waals surface area contributed by atoms with Crippen molar-refractivity contribution in [2.24, 2.45) is 11.3 Å². The Kier molecular flexibility index (Phi) is 4.53. The zero-order valence-electron chi connectivity index (χ0n) is 13.1. The van der Waals surface area contributed by atoms with Crippen LogP contribution in [0, 0.1) is 11.3 Å². The molecule has 130 valence electrons. The number of benzene rings is 1. The lowest BCUT2D eigenvalue weighted by Crippen LogP contribution is -2.38. The first-order chi connectivity index (χ1) is 11.4. The summed E-state index contributed by atoms with van der Waals surface area (Å²) in [6.45, 7) is 0.671. The van der Waals surface area contributed by atoms with E-state index in [1.807, 2.05) is 0 Å². The Balaban J connectivity index is 1.77. The van der Waals surface area contributed by atoms with Gasteiger partial charge in [-0.3, -0.25) is 4.79 Å². The second kappa shape index (κ2) is 6.33. The van der Waals surface area contributed by atoms with Crippen molar-refractivity contribution in [2.45, 2.75) is 19.3 Å². The number of hydrogen-bond donors (Lipinski definition) is 2.